The first-order valence-corrected chi connectivity index (χ1v) is 42.4. The zero-order chi connectivity index (χ0) is 87.9. The maximum Gasteiger partial charge on any atom is 0.297 e. The molecule has 0 spiro atoms. The number of rotatable bonds is 44. The first-order chi connectivity index (χ1) is 59.1. The van der Waals surface area contributed by atoms with Crippen LogP contribution >= 0.6 is 23.5 Å². The Morgan fingerprint density at radius 1 is 0.306 bits per heavy atom. The maximum absolute atomic E-state index is 13.2. The van der Waals surface area contributed by atoms with Crippen LogP contribution in [-0.4, -0.2) is 191 Å². The first-order valence-electron chi connectivity index (χ1n) is 40.1. The summed E-state index contributed by atoms with van der Waals surface area (Å²) in [5, 5.41) is 117. The van der Waals surface area contributed by atoms with E-state index in [1.165, 1.54) is 101 Å². The molecule has 121 heavy (non-hydrogen) atoms. The Morgan fingerprint density at radius 3 is 0.752 bits per heavy atom. The molecule has 0 aromatic heterocycles. The van der Waals surface area contributed by atoms with E-state index in [2.05, 4.69) is 309 Å². The molecule has 0 saturated carbocycles. The molecule has 4 unspecified atom stereocenters. The highest BCUT2D eigenvalue weighted by atomic mass is 32.2. The van der Waals surface area contributed by atoms with E-state index in [9.17, 15) is 60.7 Å². The van der Waals surface area contributed by atoms with Crippen LogP contribution in [0.4, 0.5) is 0 Å². The predicted octanol–water partition coefficient (Wildman–Crippen LogP) is 4.78. The summed E-state index contributed by atoms with van der Waals surface area (Å²) in [6, 6.07) is -2.68. The van der Waals surface area contributed by atoms with Crippen LogP contribution in [0.1, 0.15) is 195 Å². The molecular formula is C101H102N2O16S2. The molecule has 16 atom stereocenters. The summed E-state index contributed by atoms with van der Waals surface area (Å²) in [5.41, 5.74) is 0. The molecule has 2 rings (SSSR count). The summed E-state index contributed by atoms with van der Waals surface area (Å²) in [6.45, 7) is 6.59. The smallest absolute Gasteiger partial charge is 0.297 e. The number of amides is 2. The molecule has 0 radical (unpaired) electrons. The van der Waals surface area contributed by atoms with Gasteiger partial charge in [0.05, 0.1) is 49.7 Å². The SMILES string of the molecule is CC#CC#CC#CC#CC#CC#CC#CC#CC#CC#CC#CC#CC(=O)N[C@@H](CO[C@H]1OC(CSCSCC2O[C@H](OC[C@H](NC(=O)C#CC#CC#CC#CC#CC#CC#CC#CC#CC#CC#CC#CC)[C@H](O)[C@H](O)CCCCCCCCCCCCCC)C(O)[C@@H](O)[C@H]2O)[C@H](O)[C@H](O)C1O)[C@H](O)[C@H](O)CCCCCCCCCCCCCC. The van der Waals surface area contributed by atoms with Gasteiger partial charge in [-0.3, -0.25) is 9.59 Å². The zero-order valence-corrected chi connectivity index (χ0v) is 70.5. The lowest BCUT2D eigenvalue weighted by molar-refractivity contribution is -0.294. The molecule has 2 aliphatic heterocycles. The van der Waals surface area contributed by atoms with Gasteiger partial charge >= 0.3 is 0 Å². The van der Waals surface area contributed by atoms with E-state index < -0.39 is 123 Å². The fraction of sp³-hybridized carbons (Fsp3) is 0.505. The standard InChI is InChI=1S/C101H102N2O16S2/c1-5-9-13-17-21-25-29-33-35-37-39-41-43-45-47-49-51-53-57-61-65-69-73-77-90(106)102-84(92(108)86(104)75-71-67-63-59-55-31-27-23-19-15-11-7-3)79-116-100-98(114)96(112)94(110)88(118-100)81-120-83-121-82-89-95(111)97(113)99(115)101(119-89)117-80-85(93(109)87(105)76-72-68-64-60-56-32-28-24-20-16-12-8-4)103-91(107)78-74-70-66-62-58-54-52-50-48-46-44-42-40-38-36-34-30-26-22-18-14-10-6-2/h84-89,92-101,104-105,108-115H,7-8,11-12,15-16,19-20,23-24,27-28,31-32,55-56,59-60,63-64,67-68,71-72,75-76,79-83H2,1-4H3,(H,102,106)(H,103,107)/t84-,85-,86+,87+,88?,89?,92-,93-,94-,95-,96-,97-,98?,99?,100-,101-/m0/s1. The van der Waals surface area contributed by atoms with Crippen molar-refractivity contribution in [3.63, 3.8) is 0 Å². The second kappa shape index (κ2) is 74.8. The van der Waals surface area contributed by atoms with Crippen molar-refractivity contribution < 1.29 is 79.6 Å². The first kappa shape index (κ1) is 106. The molecule has 0 aromatic carbocycles. The van der Waals surface area contributed by atoms with Gasteiger partial charge in [0.1, 0.15) is 48.8 Å². The van der Waals surface area contributed by atoms with Crippen LogP contribution in [0, 0.1) is 284 Å². The third-order valence-corrected chi connectivity index (χ3v) is 19.6. The van der Waals surface area contributed by atoms with E-state index in [1.807, 2.05) is 0 Å². The molecule has 2 aliphatic rings. The highest BCUT2D eigenvalue weighted by Gasteiger charge is 2.46. The third kappa shape index (κ3) is 55.8. The Hall–Kier alpha value is -11.5. The molecule has 0 aliphatic carbocycles. The third-order valence-electron chi connectivity index (χ3n) is 17.1. The van der Waals surface area contributed by atoms with E-state index >= 15 is 0 Å². The van der Waals surface area contributed by atoms with Crippen molar-refractivity contribution in [1.29, 1.82) is 0 Å². The fourth-order valence-corrected chi connectivity index (χ4v) is 13.1. The van der Waals surface area contributed by atoms with Gasteiger partial charge in [0.2, 0.25) is 0 Å². The Morgan fingerprint density at radius 2 is 0.521 bits per heavy atom. The molecular weight excluding hydrogens is 1560 g/mol. The van der Waals surface area contributed by atoms with Crippen LogP contribution in [0.2, 0.25) is 0 Å². The average molecular weight is 1660 g/mol. The van der Waals surface area contributed by atoms with Crippen molar-refractivity contribution >= 4 is 35.3 Å². The van der Waals surface area contributed by atoms with Crippen molar-refractivity contribution in [2.24, 2.45) is 0 Å². The van der Waals surface area contributed by atoms with E-state index in [1.54, 1.807) is 13.8 Å². The Labute approximate surface area is 727 Å². The van der Waals surface area contributed by atoms with E-state index in [0.29, 0.717) is 12.8 Å². The Balaban J connectivity index is 2.19. The van der Waals surface area contributed by atoms with E-state index in [4.69, 9.17) is 18.9 Å². The number of nitrogens with one attached hydrogen (secondary N) is 2. The highest BCUT2D eigenvalue weighted by molar-refractivity contribution is 8.16. The lowest BCUT2D eigenvalue weighted by atomic mass is 9.98. The largest absolute Gasteiger partial charge is 0.390 e. The van der Waals surface area contributed by atoms with Crippen LogP contribution in [0.5, 0.6) is 0 Å². The minimum absolute atomic E-state index is 0.00163. The monoisotopic (exact) mass is 1660 g/mol. The highest BCUT2D eigenvalue weighted by Crippen LogP contribution is 2.30. The summed E-state index contributed by atoms with van der Waals surface area (Å²) in [4.78, 5) is 26.4. The van der Waals surface area contributed by atoms with Gasteiger partial charge in [-0.15, -0.1) is 23.5 Å². The molecule has 20 heteroatoms. The normalized spacial score (nSPS) is 17.9. The lowest BCUT2D eigenvalue weighted by Gasteiger charge is -2.41. The van der Waals surface area contributed by atoms with Crippen LogP contribution in [-0.2, 0) is 28.5 Å². The molecule has 624 valence electrons. The number of carbonyl (C=O) groups excluding carboxylic acids is 2. The minimum Gasteiger partial charge on any atom is -0.390 e. The summed E-state index contributed by atoms with van der Waals surface area (Å²) in [7, 11) is 0. The van der Waals surface area contributed by atoms with Crippen LogP contribution in [0.25, 0.3) is 0 Å². The topological polar surface area (TPSA) is 297 Å². The van der Waals surface area contributed by atoms with Crippen LogP contribution < -0.4 is 10.6 Å². The number of ether oxygens (including phenoxy) is 4. The molecule has 2 fully saturated rings. The molecule has 0 bridgehead atoms. The second-order valence-electron chi connectivity index (χ2n) is 26.4. The van der Waals surface area contributed by atoms with Crippen molar-refractivity contribution in [3.05, 3.63) is 0 Å². The van der Waals surface area contributed by atoms with Gasteiger partial charge in [0, 0.05) is 99.5 Å². The second-order valence-corrected chi connectivity index (χ2v) is 28.9. The lowest BCUT2D eigenvalue weighted by Crippen LogP contribution is -2.60. The van der Waals surface area contributed by atoms with Crippen LogP contribution in [0.3, 0.4) is 0 Å². The number of aliphatic hydroxyl groups excluding tert-OH is 10. The Kier molecular flexibility index (Phi) is 65.3. The van der Waals surface area contributed by atoms with Crippen molar-refractivity contribution in [3.8, 4) is 284 Å². The molecule has 18 nitrogen and oxygen atoms in total. The van der Waals surface area contributed by atoms with E-state index in [0.717, 1.165) is 64.2 Å². The molecule has 2 heterocycles. The van der Waals surface area contributed by atoms with Crippen LogP contribution in [0.15, 0.2) is 0 Å². The van der Waals surface area contributed by atoms with Gasteiger partial charge in [-0.25, -0.2) is 0 Å². The molecule has 12 N–H and O–H groups in total. The number of thioether (sulfide) groups is 2. The molecule has 2 amide bonds. The summed E-state index contributed by atoms with van der Waals surface area (Å²) in [5.74, 6) is 117. The van der Waals surface area contributed by atoms with Gasteiger partial charge in [-0.05, 0) is 216 Å². The Bertz CT molecular complexity index is 4660. The zero-order valence-electron chi connectivity index (χ0n) is 68.9. The van der Waals surface area contributed by atoms with Gasteiger partial charge in [0.15, 0.2) is 12.6 Å². The molecule has 2 saturated heterocycles. The average Bonchev–Trinajstić information content (AvgIpc) is 0.819. The quantitative estimate of drug-likeness (QED) is 0.0222. The van der Waals surface area contributed by atoms with Gasteiger partial charge in [0.25, 0.3) is 11.8 Å². The van der Waals surface area contributed by atoms with Crippen molar-refractivity contribution in [2.45, 2.75) is 293 Å². The van der Waals surface area contributed by atoms with Crippen molar-refractivity contribution in [2.75, 3.05) is 29.8 Å². The minimum atomic E-state index is -1.81. The predicted molar refractivity (Wildman–Crippen MR) is 472 cm³/mol. The molecule has 0 aromatic rings. The number of hydrogen-bond acceptors (Lipinski definition) is 18. The summed E-state index contributed by atoms with van der Waals surface area (Å²) >= 11 is 2.42. The maximum atomic E-state index is 13.2. The fourth-order valence-electron chi connectivity index (χ4n) is 10.8. The van der Waals surface area contributed by atoms with Crippen molar-refractivity contribution in [1.82, 2.24) is 10.6 Å². The number of aliphatic hydroxyl groups is 10. The van der Waals surface area contributed by atoms with E-state index in [-0.39, 0.29) is 29.4 Å². The summed E-state index contributed by atoms with van der Waals surface area (Å²) < 4.78 is 23.8. The summed E-state index contributed by atoms with van der Waals surface area (Å²) in [6.07, 6.45) is 4.66. The van der Waals surface area contributed by atoms with Gasteiger partial charge in [-0.2, -0.15) is 0 Å². The number of carbonyl (C=O) groups is 2. The van der Waals surface area contributed by atoms with Gasteiger partial charge < -0.3 is 80.6 Å². The van der Waals surface area contributed by atoms with Gasteiger partial charge in [-0.1, -0.05) is 180 Å². The number of unbranched alkanes of at least 4 members (excludes halogenated alkanes) is 22. The number of hydrogen-bond donors (Lipinski definition) is 12.